The van der Waals surface area contributed by atoms with Gasteiger partial charge in [-0.2, -0.15) is 0 Å². The highest BCUT2D eigenvalue weighted by molar-refractivity contribution is 9.10. The van der Waals surface area contributed by atoms with Gasteiger partial charge in [-0.1, -0.05) is 40.5 Å². The zero-order valence-corrected chi connectivity index (χ0v) is 14.5. The van der Waals surface area contributed by atoms with Crippen LogP contribution in [0.15, 0.2) is 32.1 Å². The zero-order chi connectivity index (χ0) is 15.6. The number of aryl methyl sites for hydroxylation is 2. The SMILES string of the molecule is CCCc1ccc(Br)cc1S(=O)(=O)Nc1onc(C)c1C. The van der Waals surface area contributed by atoms with Crippen LogP contribution in [0.1, 0.15) is 30.2 Å². The molecule has 2 rings (SSSR count). The van der Waals surface area contributed by atoms with Crippen LogP contribution in [-0.4, -0.2) is 13.6 Å². The average molecular weight is 373 g/mol. The quantitative estimate of drug-likeness (QED) is 0.865. The van der Waals surface area contributed by atoms with E-state index in [9.17, 15) is 8.42 Å². The maximum absolute atomic E-state index is 12.6. The van der Waals surface area contributed by atoms with E-state index in [1.807, 2.05) is 19.1 Å². The summed E-state index contributed by atoms with van der Waals surface area (Å²) in [5.74, 6) is 0.162. The van der Waals surface area contributed by atoms with Gasteiger partial charge in [0.25, 0.3) is 10.0 Å². The molecule has 1 heterocycles. The first-order chi connectivity index (χ1) is 9.85. The molecule has 5 nitrogen and oxygen atoms in total. The lowest BCUT2D eigenvalue weighted by Crippen LogP contribution is -2.15. The highest BCUT2D eigenvalue weighted by Crippen LogP contribution is 2.26. The van der Waals surface area contributed by atoms with Gasteiger partial charge >= 0.3 is 0 Å². The molecule has 0 unspecified atom stereocenters. The maximum Gasteiger partial charge on any atom is 0.264 e. The van der Waals surface area contributed by atoms with Crippen LogP contribution in [-0.2, 0) is 16.4 Å². The van der Waals surface area contributed by atoms with Crippen LogP contribution < -0.4 is 4.72 Å². The van der Waals surface area contributed by atoms with Gasteiger partial charge in [0.1, 0.15) is 0 Å². The summed E-state index contributed by atoms with van der Waals surface area (Å²) >= 11 is 3.32. The molecular weight excluding hydrogens is 356 g/mol. The van der Waals surface area contributed by atoms with Gasteiger partial charge < -0.3 is 4.52 Å². The number of sulfonamides is 1. The molecule has 0 saturated carbocycles. The molecule has 1 N–H and O–H groups in total. The number of hydrogen-bond acceptors (Lipinski definition) is 4. The van der Waals surface area contributed by atoms with Crippen LogP contribution >= 0.6 is 15.9 Å². The number of halogens is 1. The fourth-order valence-corrected chi connectivity index (χ4v) is 3.80. The molecule has 0 bridgehead atoms. The fraction of sp³-hybridized carbons (Fsp3) is 0.357. The number of nitrogens with zero attached hydrogens (tertiary/aromatic N) is 1. The monoisotopic (exact) mass is 372 g/mol. The maximum atomic E-state index is 12.6. The molecule has 0 fully saturated rings. The largest absolute Gasteiger partial charge is 0.337 e. The van der Waals surface area contributed by atoms with Gasteiger partial charge in [0.2, 0.25) is 5.88 Å². The highest BCUT2D eigenvalue weighted by atomic mass is 79.9. The minimum atomic E-state index is -3.71. The molecule has 0 spiro atoms. The molecule has 0 amide bonds. The number of anilines is 1. The van der Waals surface area contributed by atoms with E-state index in [-0.39, 0.29) is 10.8 Å². The van der Waals surface area contributed by atoms with Gasteiger partial charge in [-0.3, -0.25) is 0 Å². The van der Waals surface area contributed by atoms with E-state index in [1.165, 1.54) is 0 Å². The third-order valence-corrected chi connectivity index (χ3v) is 5.13. The Morgan fingerprint density at radius 2 is 2.05 bits per heavy atom. The molecular formula is C14H17BrN2O3S. The third kappa shape index (κ3) is 3.47. The van der Waals surface area contributed by atoms with Crippen molar-refractivity contribution in [3.05, 3.63) is 39.5 Å². The number of benzene rings is 1. The minimum absolute atomic E-state index is 0.162. The molecule has 0 aliphatic rings. The lowest BCUT2D eigenvalue weighted by Gasteiger charge is -2.11. The van der Waals surface area contributed by atoms with Crippen molar-refractivity contribution in [2.45, 2.75) is 38.5 Å². The van der Waals surface area contributed by atoms with Crippen molar-refractivity contribution >= 4 is 31.8 Å². The predicted octanol–water partition coefficient (Wildman–Crippen LogP) is 3.81. The standard InChI is InChI=1S/C14H17BrN2O3S/c1-4-5-11-6-7-12(15)8-13(11)21(18,19)17-14-9(2)10(3)16-20-14/h6-8,17H,4-5H2,1-3H3. The average Bonchev–Trinajstić information content (AvgIpc) is 2.72. The molecule has 114 valence electrons. The van der Waals surface area contributed by atoms with Crippen LogP contribution in [0.4, 0.5) is 5.88 Å². The second-order valence-electron chi connectivity index (χ2n) is 4.83. The van der Waals surface area contributed by atoms with Crippen molar-refractivity contribution in [1.29, 1.82) is 0 Å². The summed E-state index contributed by atoms with van der Waals surface area (Å²) in [5.41, 5.74) is 2.13. The molecule has 2 aromatic rings. The molecule has 0 atom stereocenters. The van der Waals surface area contributed by atoms with Crippen LogP contribution in [0.3, 0.4) is 0 Å². The Morgan fingerprint density at radius 1 is 1.33 bits per heavy atom. The Balaban J connectivity index is 2.44. The molecule has 7 heteroatoms. The van der Waals surface area contributed by atoms with Crippen molar-refractivity contribution in [1.82, 2.24) is 5.16 Å². The van der Waals surface area contributed by atoms with Gasteiger partial charge in [0.15, 0.2) is 0 Å². The summed E-state index contributed by atoms with van der Waals surface area (Å²) in [6.45, 7) is 5.53. The van der Waals surface area contributed by atoms with E-state index in [0.29, 0.717) is 22.2 Å². The van der Waals surface area contributed by atoms with Gasteiger partial charge in [-0.05, 0) is 38.0 Å². The van der Waals surface area contributed by atoms with Crippen molar-refractivity contribution in [3.63, 3.8) is 0 Å². The van der Waals surface area contributed by atoms with E-state index >= 15 is 0 Å². The fourth-order valence-electron chi connectivity index (χ4n) is 1.94. The Bertz CT molecular complexity index is 754. The van der Waals surface area contributed by atoms with E-state index in [0.717, 1.165) is 12.0 Å². The topological polar surface area (TPSA) is 72.2 Å². The van der Waals surface area contributed by atoms with Gasteiger partial charge in [-0.15, -0.1) is 0 Å². The Morgan fingerprint density at radius 3 is 2.62 bits per heavy atom. The van der Waals surface area contributed by atoms with Crippen molar-refractivity contribution in [3.8, 4) is 0 Å². The third-order valence-electron chi connectivity index (χ3n) is 3.22. The van der Waals surface area contributed by atoms with E-state index in [1.54, 1.807) is 19.9 Å². The molecule has 1 aromatic heterocycles. The summed E-state index contributed by atoms with van der Waals surface area (Å²) < 4.78 is 33.4. The summed E-state index contributed by atoms with van der Waals surface area (Å²) in [4.78, 5) is 0.257. The predicted molar refractivity (Wildman–Crippen MR) is 84.9 cm³/mol. The summed E-state index contributed by atoms with van der Waals surface area (Å²) in [5, 5.41) is 3.76. The molecule has 1 aromatic carbocycles. The van der Waals surface area contributed by atoms with E-state index < -0.39 is 10.0 Å². The molecule has 0 aliphatic heterocycles. The lowest BCUT2D eigenvalue weighted by molar-refractivity contribution is 0.430. The zero-order valence-electron chi connectivity index (χ0n) is 12.1. The first-order valence-electron chi connectivity index (χ1n) is 6.59. The first kappa shape index (κ1) is 16.0. The smallest absolute Gasteiger partial charge is 0.264 e. The van der Waals surface area contributed by atoms with Crippen molar-refractivity contribution in [2.75, 3.05) is 4.72 Å². The van der Waals surface area contributed by atoms with Crippen LogP contribution in [0.25, 0.3) is 0 Å². The first-order valence-corrected chi connectivity index (χ1v) is 8.87. The molecule has 0 aliphatic carbocycles. The minimum Gasteiger partial charge on any atom is -0.337 e. The lowest BCUT2D eigenvalue weighted by atomic mass is 10.1. The second kappa shape index (κ2) is 6.19. The Hall–Kier alpha value is -1.34. The van der Waals surface area contributed by atoms with Gasteiger partial charge in [0.05, 0.1) is 10.6 Å². The summed E-state index contributed by atoms with van der Waals surface area (Å²) in [6.07, 6.45) is 1.56. The van der Waals surface area contributed by atoms with E-state index in [4.69, 9.17) is 4.52 Å². The van der Waals surface area contributed by atoms with Gasteiger partial charge in [0, 0.05) is 10.0 Å². The Kier molecular flexibility index (Phi) is 4.73. The van der Waals surface area contributed by atoms with Crippen LogP contribution in [0.2, 0.25) is 0 Å². The Labute approximate surface area is 132 Å². The normalized spacial score (nSPS) is 11.6. The van der Waals surface area contributed by atoms with Crippen LogP contribution in [0, 0.1) is 13.8 Å². The van der Waals surface area contributed by atoms with Crippen molar-refractivity contribution in [2.24, 2.45) is 0 Å². The summed E-state index contributed by atoms with van der Waals surface area (Å²) in [6, 6.07) is 5.26. The van der Waals surface area contributed by atoms with E-state index in [2.05, 4.69) is 25.8 Å². The molecule has 21 heavy (non-hydrogen) atoms. The highest BCUT2D eigenvalue weighted by Gasteiger charge is 2.22. The number of rotatable bonds is 5. The molecule has 0 radical (unpaired) electrons. The van der Waals surface area contributed by atoms with Gasteiger partial charge in [-0.25, -0.2) is 13.1 Å². The number of hydrogen-bond donors (Lipinski definition) is 1. The number of aromatic nitrogens is 1. The number of nitrogens with one attached hydrogen (secondary N) is 1. The van der Waals surface area contributed by atoms with Crippen LogP contribution in [0.5, 0.6) is 0 Å². The second-order valence-corrected chi connectivity index (χ2v) is 7.40. The summed E-state index contributed by atoms with van der Waals surface area (Å²) in [7, 11) is -3.71. The van der Waals surface area contributed by atoms with Crippen molar-refractivity contribution < 1.29 is 12.9 Å². The molecule has 0 saturated heterocycles.